The van der Waals surface area contributed by atoms with Gasteiger partial charge in [-0.2, -0.15) is 0 Å². The van der Waals surface area contributed by atoms with E-state index >= 15 is 0 Å². The minimum Gasteiger partial charge on any atom is -0.508 e. The maximum atomic E-state index is 12.3. The van der Waals surface area contributed by atoms with E-state index in [2.05, 4.69) is 0 Å². The molecule has 0 radical (unpaired) electrons. The summed E-state index contributed by atoms with van der Waals surface area (Å²) in [6, 6.07) is 6.70. The molecule has 1 N–H and O–H groups in total. The van der Waals surface area contributed by atoms with Crippen LogP contribution in [0.25, 0.3) is 0 Å². The van der Waals surface area contributed by atoms with Gasteiger partial charge in [-0.1, -0.05) is 12.1 Å². The minimum absolute atomic E-state index is 0.000520. The fraction of sp³-hybridized carbons (Fsp3) is 0.529. The summed E-state index contributed by atoms with van der Waals surface area (Å²) in [5.74, 6) is 0.157. The second-order valence-electron chi connectivity index (χ2n) is 6.69. The van der Waals surface area contributed by atoms with Crippen LogP contribution in [0.2, 0.25) is 0 Å². The maximum Gasteiger partial charge on any atom is 0.410 e. The Kier molecular flexibility index (Phi) is 5.13. The van der Waals surface area contributed by atoms with Crippen LogP contribution in [0.4, 0.5) is 4.79 Å². The molecule has 1 saturated heterocycles. The molecule has 1 aliphatic heterocycles. The number of hydrogen-bond donors (Lipinski definition) is 1. The van der Waals surface area contributed by atoms with Gasteiger partial charge in [-0.15, -0.1) is 0 Å². The zero-order valence-corrected chi connectivity index (χ0v) is 13.9. The van der Waals surface area contributed by atoms with Gasteiger partial charge in [0, 0.05) is 26.2 Å². The van der Waals surface area contributed by atoms with Gasteiger partial charge in [0.15, 0.2) is 0 Å². The summed E-state index contributed by atoms with van der Waals surface area (Å²) in [4.78, 5) is 27.7. The molecule has 23 heavy (non-hydrogen) atoms. The summed E-state index contributed by atoms with van der Waals surface area (Å²) in [5, 5.41) is 9.44. The van der Waals surface area contributed by atoms with Crippen LogP contribution < -0.4 is 0 Å². The summed E-state index contributed by atoms with van der Waals surface area (Å²) in [5.41, 5.74) is 0.267. The van der Waals surface area contributed by atoms with Crippen molar-refractivity contribution in [3.63, 3.8) is 0 Å². The lowest BCUT2D eigenvalue weighted by Gasteiger charge is -2.35. The molecule has 1 heterocycles. The molecule has 6 heteroatoms. The van der Waals surface area contributed by atoms with E-state index < -0.39 is 5.60 Å². The lowest BCUT2D eigenvalue weighted by Crippen LogP contribution is -2.51. The fourth-order valence-electron chi connectivity index (χ4n) is 2.42. The van der Waals surface area contributed by atoms with Crippen molar-refractivity contribution < 1.29 is 19.4 Å². The molecule has 1 aromatic rings. The SMILES string of the molecule is CC(C)(C)OC(=O)N1CCN(C(=O)Cc2cccc(O)c2)CC1. The molecule has 0 bridgehead atoms. The summed E-state index contributed by atoms with van der Waals surface area (Å²) in [7, 11) is 0. The number of phenols is 1. The number of aromatic hydroxyl groups is 1. The highest BCUT2D eigenvalue weighted by Gasteiger charge is 2.27. The highest BCUT2D eigenvalue weighted by Crippen LogP contribution is 2.14. The topological polar surface area (TPSA) is 70.1 Å². The number of piperazine rings is 1. The predicted molar refractivity (Wildman–Crippen MR) is 86.2 cm³/mol. The molecular weight excluding hydrogens is 296 g/mol. The van der Waals surface area contributed by atoms with Gasteiger partial charge in [0.1, 0.15) is 11.4 Å². The molecule has 0 spiro atoms. The summed E-state index contributed by atoms with van der Waals surface area (Å²) in [6.45, 7) is 7.44. The Hall–Kier alpha value is -2.24. The molecule has 1 fully saturated rings. The molecular formula is C17H24N2O4. The molecule has 0 unspecified atom stereocenters. The third-order valence-corrected chi connectivity index (χ3v) is 3.55. The van der Waals surface area contributed by atoms with E-state index in [1.165, 1.54) is 0 Å². The molecule has 6 nitrogen and oxygen atoms in total. The monoisotopic (exact) mass is 320 g/mol. The highest BCUT2D eigenvalue weighted by molar-refractivity contribution is 5.79. The first-order valence-corrected chi connectivity index (χ1v) is 7.78. The van der Waals surface area contributed by atoms with Crippen LogP contribution in [-0.4, -0.2) is 58.7 Å². The largest absolute Gasteiger partial charge is 0.508 e. The molecule has 0 aliphatic carbocycles. The maximum absolute atomic E-state index is 12.3. The number of rotatable bonds is 2. The van der Waals surface area contributed by atoms with Gasteiger partial charge in [0.2, 0.25) is 5.91 Å². The molecule has 2 rings (SSSR count). The predicted octanol–water partition coefficient (Wildman–Crippen LogP) is 2.01. The van der Waals surface area contributed by atoms with Crippen LogP contribution in [0.5, 0.6) is 5.75 Å². The zero-order chi connectivity index (χ0) is 17.0. The van der Waals surface area contributed by atoms with Crippen LogP contribution >= 0.6 is 0 Å². The molecule has 2 amide bonds. The van der Waals surface area contributed by atoms with E-state index in [9.17, 15) is 14.7 Å². The summed E-state index contributed by atoms with van der Waals surface area (Å²) < 4.78 is 5.34. The van der Waals surface area contributed by atoms with E-state index in [0.29, 0.717) is 26.2 Å². The van der Waals surface area contributed by atoms with Crippen molar-refractivity contribution in [1.29, 1.82) is 0 Å². The van der Waals surface area contributed by atoms with Gasteiger partial charge in [-0.25, -0.2) is 4.79 Å². The first-order valence-electron chi connectivity index (χ1n) is 7.78. The van der Waals surface area contributed by atoms with Crippen molar-refractivity contribution in [2.45, 2.75) is 32.8 Å². The van der Waals surface area contributed by atoms with Gasteiger partial charge < -0.3 is 19.6 Å². The van der Waals surface area contributed by atoms with E-state index in [1.807, 2.05) is 26.8 Å². The first kappa shape index (κ1) is 17.1. The van der Waals surface area contributed by atoms with Crippen molar-refractivity contribution in [2.24, 2.45) is 0 Å². The smallest absolute Gasteiger partial charge is 0.410 e. The number of nitrogens with zero attached hydrogens (tertiary/aromatic N) is 2. The van der Waals surface area contributed by atoms with Gasteiger partial charge in [0.05, 0.1) is 6.42 Å². The quantitative estimate of drug-likeness (QED) is 0.905. The Morgan fingerprint density at radius 1 is 1.13 bits per heavy atom. The highest BCUT2D eigenvalue weighted by atomic mass is 16.6. The Morgan fingerprint density at radius 3 is 2.30 bits per heavy atom. The summed E-state index contributed by atoms with van der Waals surface area (Å²) in [6.07, 6.45) is -0.0847. The molecule has 0 aromatic heterocycles. The van der Waals surface area contributed by atoms with Crippen LogP contribution in [0.1, 0.15) is 26.3 Å². The van der Waals surface area contributed by atoms with Gasteiger partial charge in [-0.05, 0) is 38.5 Å². The molecule has 126 valence electrons. The Labute approximate surface area is 136 Å². The fourth-order valence-corrected chi connectivity index (χ4v) is 2.42. The third kappa shape index (κ3) is 5.16. The third-order valence-electron chi connectivity index (χ3n) is 3.55. The number of phenolic OH excluding ortho intramolecular Hbond substituents is 1. The van der Waals surface area contributed by atoms with E-state index in [0.717, 1.165) is 5.56 Å². The van der Waals surface area contributed by atoms with Crippen molar-refractivity contribution in [3.05, 3.63) is 29.8 Å². The van der Waals surface area contributed by atoms with Gasteiger partial charge in [0.25, 0.3) is 0 Å². The number of carbonyl (C=O) groups is 2. The summed E-state index contributed by atoms with van der Waals surface area (Å²) >= 11 is 0. The second-order valence-corrected chi connectivity index (χ2v) is 6.69. The number of ether oxygens (including phenoxy) is 1. The van der Waals surface area contributed by atoms with E-state index in [-0.39, 0.29) is 24.2 Å². The van der Waals surface area contributed by atoms with Crippen molar-refractivity contribution >= 4 is 12.0 Å². The van der Waals surface area contributed by atoms with Crippen LogP contribution in [0, 0.1) is 0 Å². The number of carbonyl (C=O) groups excluding carboxylic acids is 2. The van der Waals surface area contributed by atoms with E-state index in [1.54, 1.807) is 28.0 Å². The molecule has 1 aliphatic rings. The van der Waals surface area contributed by atoms with Crippen LogP contribution in [0.3, 0.4) is 0 Å². The first-order chi connectivity index (χ1) is 10.7. The molecule has 0 saturated carbocycles. The zero-order valence-electron chi connectivity index (χ0n) is 13.9. The van der Waals surface area contributed by atoms with Crippen LogP contribution in [-0.2, 0) is 16.0 Å². The standard InChI is InChI=1S/C17H24N2O4/c1-17(2,3)23-16(22)19-9-7-18(8-10-19)15(21)12-13-5-4-6-14(20)11-13/h4-6,11,20H,7-10,12H2,1-3H3. The average molecular weight is 320 g/mol. The number of benzene rings is 1. The Morgan fingerprint density at radius 2 is 1.74 bits per heavy atom. The van der Waals surface area contributed by atoms with Crippen molar-refractivity contribution in [2.75, 3.05) is 26.2 Å². The van der Waals surface area contributed by atoms with Gasteiger partial charge in [-0.3, -0.25) is 4.79 Å². The lowest BCUT2D eigenvalue weighted by atomic mass is 10.1. The van der Waals surface area contributed by atoms with Crippen molar-refractivity contribution in [3.8, 4) is 5.75 Å². The number of amides is 2. The average Bonchev–Trinajstić information content (AvgIpc) is 2.45. The van der Waals surface area contributed by atoms with Crippen molar-refractivity contribution in [1.82, 2.24) is 9.80 Å². The Bertz CT molecular complexity index is 572. The van der Waals surface area contributed by atoms with Gasteiger partial charge >= 0.3 is 6.09 Å². The molecule has 1 aromatic carbocycles. The second kappa shape index (κ2) is 6.89. The Balaban J connectivity index is 1.84. The minimum atomic E-state index is -0.515. The normalized spacial score (nSPS) is 15.4. The molecule has 0 atom stereocenters. The lowest BCUT2D eigenvalue weighted by molar-refractivity contribution is -0.132. The van der Waals surface area contributed by atoms with E-state index in [4.69, 9.17) is 4.74 Å². The number of hydrogen-bond acceptors (Lipinski definition) is 4. The van der Waals surface area contributed by atoms with Crippen LogP contribution in [0.15, 0.2) is 24.3 Å².